The van der Waals surface area contributed by atoms with Gasteiger partial charge in [0, 0.05) is 6.54 Å². The molecule has 114 valence electrons. The SMILES string of the molecule is CCCCNC(=O)N[C@@H](C)C(=O)NC(=CCO)C(=O)O. The molecule has 0 saturated carbocycles. The van der Waals surface area contributed by atoms with Gasteiger partial charge in [-0.25, -0.2) is 9.59 Å². The van der Waals surface area contributed by atoms with Crippen molar-refractivity contribution < 1.29 is 24.6 Å². The summed E-state index contributed by atoms with van der Waals surface area (Å²) >= 11 is 0. The smallest absolute Gasteiger partial charge is 0.352 e. The second kappa shape index (κ2) is 9.79. The minimum absolute atomic E-state index is 0.433. The van der Waals surface area contributed by atoms with Crippen LogP contribution in [-0.4, -0.2) is 47.3 Å². The summed E-state index contributed by atoms with van der Waals surface area (Å²) in [5.74, 6) is -2.05. The van der Waals surface area contributed by atoms with Crippen molar-refractivity contribution in [2.75, 3.05) is 13.2 Å². The van der Waals surface area contributed by atoms with E-state index in [-0.39, 0.29) is 0 Å². The lowest BCUT2D eigenvalue weighted by Gasteiger charge is -2.14. The Kier molecular flexibility index (Phi) is 8.77. The highest BCUT2D eigenvalue weighted by Crippen LogP contribution is 1.92. The van der Waals surface area contributed by atoms with Crippen molar-refractivity contribution in [1.82, 2.24) is 16.0 Å². The van der Waals surface area contributed by atoms with Crippen molar-refractivity contribution in [1.29, 1.82) is 0 Å². The second-order valence-electron chi connectivity index (χ2n) is 4.07. The molecule has 0 bridgehead atoms. The number of aliphatic hydroxyl groups is 1. The molecule has 0 unspecified atom stereocenters. The average molecular weight is 287 g/mol. The summed E-state index contributed by atoms with van der Waals surface area (Å²) in [7, 11) is 0. The largest absolute Gasteiger partial charge is 0.477 e. The third kappa shape index (κ3) is 7.37. The van der Waals surface area contributed by atoms with Crippen LogP contribution in [0.3, 0.4) is 0 Å². The Morgan fingerprint density at radius 2 is 1.95 bits per heavy atom. The van der Waals surface area contributed by atoms with Gasteiger partial charge in [0.05, 0.1) is 6.61 Å². The van der Waals surface area contributed by atoms with Gasteiger partial charge in [0.1, 0.15) is 11.7 Å². The van der Waals surface area contributed by atoms with Crippen LogP contribution in [0.2, 0.25) is 0 Å². The van der Waals surface area contributed by atoms with E-state index in [0.29, 0.717) is 6.54 Å². The van der Waals surface area contributed by atoms with E-state index in [1.54, 1.807) is 0 Å². The normalized spacial score (nSPS) is 12.4. The first-order valence-corrected chi connectivity index (χ1v) is 6.31. The predicted octanol–water partition coefficient (Wildman–Crippen LogP) is -0.449. The van der Waals surface area contributed by atoms with Crippen LogP contribution in [0, 0.1) is 0 Å². The first kappa shape index (κ1) is 17.9. The van der Waals surface area contributed by atoms with Gasteiger partial charge in [-0.05, 0) is 19.4 Å². The number of urea groups is 1. The molecule has 0 aliphatic heterocycles. The highest BCUT2D eigenvalue weighted by molar-refractivity contribution is 5.95. The van der Waals surface area contributed by atoms with E-state index in [0.717, 1.165) is 18.9 Å². The molecule has 0 aromatic rings. The van der Waals surface area contributed by atoms with Gasteiger partial charge >= 0.3 is 12.0 Å². The second-order valence-corrected chi connectivity index (χ2v) is 4.07. The monoisotopic (exact) mass is 287 g/mol. The van der Waals surface area contributed by atoms with E-state index in [1.165, 1.54) is 6.92 Å². The Hall–Kier alpha value is -2.09. The van der Waals surface area contributed by atoms with Crippen molar-refractivity contribution in [3.8, 4) is 0 Å². The fourth-order valence-corrected chi connectivity index (χ4v) is 1.22. The van der Waals surface area contributed by atoms with Crippen LogP contribution in [0.15, 0.2) is 11.8 Å². The van der Waals surface area contributed by atoms with Gasteiger partial charge < -0.3 is 26.2 Å². The number of carboxylic acid groups (broad SMARTS) is 1. The molecule has 0 aromatic carbocycles. The Morgan fingerprint density at radius 3 is 2.45 bits per heavy atom. The molecule has 3 amide bonds. The Bertz CT molecular complexity index is 381. The van der Waals surface area contributed by atoms with E-state index >= 15 is 0 Å². The fourth-order valence-electron chi connectivity index (χ4n) is 1.22. The number of hydrogen-bond acceptors (Lipinski definition) is 4. The molecule has 8 heteroatoms. The third-order valence-corrected chi connectivity index (χ3v) is 2.34. The third-order valence-electron chi connectivity index (χ3n) is 2.34. The van der Waals surface area contributed by atoms with Crippen LogP contribution in [0.4, 0.5) is 4.79 Å². The van der Waals surface area contributed by atoms with Gasteiger partial charge in [-0.2, -0.15) is 0 Å². The van der Waals surface area contributed by atoms with Crippen molar-refractivity contribution in [2.24, 2.45) is 0 Å². The van der Waals surface area contributed by atoms with Crippen LogP contribution in [0.5, 0.6) is 0 Å². The van der Waals surface area contributed by atoms with Gasteiger partial charge in [0.25, 0.3) is 0 Å². The van der Waals surface area contributed by atoms with Crippen molar-refractivity contribution in [3.05, 3.63) is 11.8 Å². The summed E-state index contributed by atoms with van der Waals surface area (Å²) in [6, 6.07) is -1.40. The number of hydrogen-bond donors (Lipinski definition) is 5. The molecule has 0 radical (unpaired) electrons. The molecule has 0 saturated heterocycles. The summed E-state index contributed by atoms with van der Waals surface area (Å²) in [5.41, 5.74) is -0.433. The Balaban J connectivity index is 4.30. The van der Waals surface area contributed by atoms with E-state index in [1.807, 2.05) is 6.92 Å². The molecule has 0 rings (SSSR count). The summed E-state index contributed by atoms with van der Waals surface area (Å²) < 4.78 is 0. The number of carbonyl (C=O) groups excluding carboxylic acids is 2. The van der Waals surface area contributed by atoms with Gasteiger partial charge in [-0.3, -0.25) is 4.79 Å². The highest BCUT2D eigenvalue weighted by Gasteiger charge is 2.18. The van der Waals surface area contributed by atoms with Crippen LogP contribution in [0.25, 0.3) is 0 Å². The Morgan fingerprint density at radius 1 is 1.30 bits per heavy atom. The highest BCUT2D eigenvalue weighted by atomic mass is 16.4. The van der Waals surface area contributed by atoms with E-state index in [4.69, 9.17) is 10.2 Å². The molecule has 0 spiro atoms. The van der Waals surface area contributed by atoms with Crippen LogP contribution in [0.1, 0.15) is 26.7 Å². The zero-order valence-corrected chi connectivity index (χ0v) is 11.6. The number of carbonyl (C=O) groups is 3. The molecular formula is C12H21N3O5. The number of nitrogens with one attached hydrogen (secondary N) is 3. The van der Waals surface area contributed by atoms with Gasteiger partial charge in [-0.15, -0.1) is 0 Å². The lowest BCUT2D eigenvalue weighted by molar-refractivity contribution is -0.134. The topological polar surface area (TPSA) is 128 Å². The van der Waals surface area contributed by atoms with E-state index in [9.17, 15) is 14.4 Å². The minimum atomic E-state index is -1.37. The first-order valence-electron chi connectivity index (χ1n) is 6.31. The van der Waals surface area contributed by atoms with Gasteiger partial charge in [-0.1, -0.05) is 13.3 Å². The summed E-state index contributed by atoms with van der Waals surface area (Å²) in [6.07, 6.45) is 2.72. The maximum absolute atomic E-state index is 11.7. The zero-order chi connectivity index (χ0) is 15.5. The molecule has 5 N–H and O–H groups in total. The number of aliphatic carboxylic acids is 1. The maximum atomic E-state index is 11.7. The lowest BCUT2D eigenvalue weighted by Crippen LogP contribution is -2.48. The minimum Gasteiger partial charge on any atom is -0.477 e. The fraction of sp³-hybridized carbons (Fsp3) is 0.583. The van der Waals surface area contributed by atoms with E-state index in [2.05, 4.69) is 16.0 Å². The molecule has 0 aliphatic carbocycles. The molecule has 0 aliphatic rings. The van der Waals surface area contributed by atoms with E-state index < -0.39 is 36.3 Å². The molecule has 1 atom stereocenters. The number of unbranched alkanes of at least 4 members (excludes halogenated alkanes) is 1. The molecular weight excluding hydrogens is 266 g/mol. The number of aliphatic hydroxyl groups excluding tert-OH is 1. The quantitative estimate of drug-likeness (QED) is 0.305. The summed E-state index contributed by atoms with van der Waals surface area (Å²) in [5, 5.41) is 24.5. The molecule has 0 aromatic heterocycles. The molecule has 8 nitrogen and oxygen atoms in total. The number of carboxylic acids is 1. The molecule has 0 heterocycles. The standard InChI is InChI=1S/C12H21N3O5/c1-3-4-6-13-12(20)14-8(2)10(17)15-9(5-7-16)11(18)19/h5,8,16H,3-4,6-7H2,1-2H3,(H,15,17)(H,18,19)(H2,13,14,20)/t8-/m0/s1. The average Bonchev–Trinajstić information content (AvgIpc) is 2.38. The van der Waals surface area contributed by atoms with Crippen molar-refractivity contribution in [2.45, 2.75) is 32.7 Å². The first-order chi connectivity index (χ1) is 9.42. The Labute approximate surface area is 117 Å². The van der Waals surface area contributed by atoms with Crippen LogP contribution >= 0.6 is 0 Å². The molecule has 20 heavy (non-hydrogen) atoms. The summed E-state index contributed by atoms with van der Waals surface area (Å²) in [4.78, 5) is 33.8. The molecule has 0 fully saturated rings. The number of amides is 3. The van der Waals surface area contributed by atoms with Gasteiger partial charge in [0.2, 0.25) is 5.91 Å². The number of rotatable bonds is 8. The predicted molar refractivity (Wildman–Crippen MR) is 71.9 cm³/mol. The van der Waals surface area contributed by atoms with Crippen LogP contribution in [-0.2, 0) is 9.59 Å². The lowest BCUT2D eigenvalue weighted by atomic mass is 10.3. The van der Waals surface area contributed by atoms with Crippen molar-refractivity contribution in [3.63, 3.8) is 0 Å². The maximum Gasteiger partial charge on any atom is 0.352 e. The summed E-state index contributed by atoms with van der Waals surface area (Å²) in [6.45, 7) is 3.40. The van der Waals surface area contributed by atoms with Crippen molar-refractivity contribution >= 4 is 17.9 Å². The van der Waals surface area contributed by atoms with Gasteiger partial charge in [0.15, 0.2) is 0 Å². The van der Waals surface area contributed by atoms with Crippen LogP contribution < -0.4 is 16.0 Å². The zero-order valence-electron chi connectivity index (χ0n) is 11.6.